The third-order valence-electron chi connectivity index (χ3n) is 3.04. The predicted octanol–water partition coefficient (Wildman–Crippen LogP) is 4.13. The number of ether oxygens (including phenoxy) is 1. The zero-order chi connectivity index (χ0) is 13.5. The van der Waals surface area contributed by atoms with Crippen LogP contribution in [0.4, 0.5) is 5.69 Å². The van der Waals surface area contributed by atoms with Crippen molar-refractivity contribution in [3.8, 4) is 5.75 Å². The van der Waals surface area contributed by atoms with Crippen LogP contribution < -0.4 is 10.1 Å². The summed E-state index contributed by atoms with van der Waals surface area (Å²) in [5.41, 5.74) is 2.46. The Bertz CT molecular complexity index is 478. The Morgan fingerprint density at radius 1 is 1.00 bits per heavy atom. The van der Waals surface area contributed by atoms with E-state index in [1.807, 2.05) is 30.3 Å². The van der Waals surface area contributed by atoms with E-state index in [-0.39, 0.29) is 6.10 Å². The van der Waals surface area contributed by atoms with E-state index in [9.17, 15) is 0 Å². The Morgan fingerprint density at radius 2 is 1.68 bits per heavy atom. The van der Waals surface area contributed by atoms with E-state index in [2.05, 4.69) is 43.4 Å². The first-order chi connectivity index (χ1) is 9.28. The molecule has 0 aliphatic carbocycles. The zero-order valence-corrected chi connectivity index (χ0v) is 11.6. The first-order valence-electron chi connectivity index (χ1n) is 6.82. The normalized spacial score (nSPS) is 11.9. The van der Waals surface area contributed by atoms with E-state index in [0.29, 0.717) is 0 Å². The molecule has 0 saturated heterocycles. The summed E-state index contributed by atoms with van der Waals surface area (Å²) in [5, 5.41) is 3.36. The highest BCUT2D eigenvalue weighted by Crippen LogP contribution is 2.14. The van der Waals surface area contributed by atoms with E-state index in [1.165, 1.54) is 5.56 Å². The second-order valence-electron chi connectivity index (χ2n) is 4.67. The molecule has 19 heavy (non-hydrogen) atoms. The molecule has 0 aliphatic rings. The van der Waals surface area contributed by atoms with Gasteiger partial charge in [-0.3, -0.25) is 0 Å². The van der Waals surface area contributed by atoms with Gasteiger partial charge in [0, 0.05) is 5.69 Å². The molecule has 0 amide bonds. The fraction of sp³-hybridized carbons (Fsp3) is 0.294. The molecule has 2 rings (SSSR count). The number of benzene rings is 2. The number of rotatable bonds is 6. The van der Waals surface area contributed by atoms with Crippen LogP contribution in [-0.2, 0) is 6.42 Å². The molecule has 0 heterocycles. The van der Waals surface area contributed by atoms with Crippen LogP contribution in [-0.4, -0.2) is 12.6 Å². The minimum absolute atomic E-state index is 0.132. The van der Waals surface area contributed by atoms with E-state index in [1.54, 1.807) is 0 Å². The average Bonchev–Trinajstić information content (AvgIpc) is 2.47. The maximum absolute atomic E-state index is 5.87. The largest absolute Gasteiger partial charge is 0.489 e. The van der Waals surface area contributed by atoms with Crippen molar-refractivity contribution in [2.75, 3.05) is 11.9 Å². The predicted molar refractivity (Wildman–Crippen MR) is 80.8 cm³/mol. The van der Waals surface area contributed by atoms with Crippen molar-refractivity contribution in [3.05, 3.63) is 60.2 Å². The number of nitrogens with one attached hydrogen (secondary N) is 1. The first kappa shape index (κ1) is 13.5. The van der Waals surface area contributed by atoms with Gasteiger partial charge in [-0.25, -0.2) is 0 Å². The number of hydrogen-bond acceptors (Lipinski definition) is 2. The molecule has 0 aliphatic heterocycles. The molecular weight excluding hydrogens is 234 g/mol. The lowest BCUT2D eigenvalue weighted by molar-refractivity contribution is 0.234. The molecule has 2 aromatic carbocycles. The lowest BCUT2D eigenvalue weighted by atomic mass is 10.2. The summed E-state index contributed by atoms with van der Waals surface area (Å²) in [5.74, 6) is 0.930. The minimum Gasteiger partial charge on any atom is -0.489 e. The van der Waals surface area contributed by atoms with Gasteiger partial charge >= 0.3 is 0 Å². The molecule has 0 spiro atoms. The smallest absolute Gasteiger partial charge is 0.119 e. The van der Waals surface area contributed by atoms with Gasteiger partial charge in [-0.05, 0) is 43.2 Å². The van der Waals surface area contributed by atoms with Gasteiger partial charge < -0.3 is 10.1 Å². The Labute approximate surface area is 115 Å². The zero-order valence-electron chi connectivity index (χ0n) is 11.6. The molecule has 2 aromatic rings. The molecule has 1 unspecified atom stereocenters. The molecular formula is C17H21NO. The maximum atomic E-state index is 5.87. The second kappa shape index (κ2) is 6.83. The van der Waals surface area contributed by atoms with Crippen LogP contribution in [0.5, 0.6) is 5.75 Å². The summed E-state index contributed by atoms with van der Waals surface area (Å²) in [6, 6.07) is 18.5. The van der Waals surface area contributed by atoms with Gasteiger partial charge in [-0.2, -0.15) is 0 Å². The summed E-state index contributed by atoms with van der Waals surface area (Å²) in [7, 11) is 0. The molecule has 0 fully saturated rings. The summed E-state index contributed by atoms with van der Waals surface area (Å²) >= 11 is 0. The van der Waals surface area contributed by atoms with E-state index in [4.69, 9.17) is 4.74 Å². The van der Waals surface area contributed by atoms with Crippen LogP contribution in [0.2, 0.25) is 0 Å². The van der Waals surface area contributed by atoms with E-state index < -0.39 is 0 Å². The maximum Gasteiger partial charge on any atom is 0.119 e. The van der Waals surface area contributed by atoms with Crippen LogP contribution in [0.3, 0.4) is 0 Å². The van der Waals surface area contributed by atoms with Crippen molar-refractivity contribution >= 4 is 5.69 Å². The first-order valence-corrected chi connectivity index (χ1v) is 6.82. The van der Waals surface area contributed by atoms with Crippen LogP contribution in [0.1, 0.15) is 19.4 Å². The van der Waals surface area contributed by atoms with Gasteiger partial charge in [0.15, 0.2) is 0 Å². The summed E-state index contributed by atoms with van der Waals surface area (Å²) in [6.45, 7) is 5.02. The van der Waals surface area contributed by atoms with Crippen LogP contribution in [0, 0.1) is 0 Å². The van der Waals surface area contributed by atoms with Crippen molar-refractivity contribution in [3.63, 3.8) is 0 Å². The van der Waals surface area contributed by atoms with Crippen molar-refractivity contribution in [2.24, 2.45) is 0 Å². The van der Waals surface area contributed by atoms with Crippen molar-refractivity contribution < 1.29 is 4.74 Å². The fourth-order valence-electron chi connectivity index (χ4n) is 1.90. The van der Waals surface area contributed by atoms with Gasteiger partial charge in [-0.15, -0.1) is 0 Å². The van der Waals surface area contributed by atoms with Gasteiger partial charge in [-0.1, -0.05) is 37.3 Å². The molecule has 1 N–H and O–H groups in total. The van der Waals surface area contributed by atoms with Crippen molar-refractivity contribution in [1.29, 1.82) is 0 Å². The van der Waals surface area contributed by atoms with Gasteiger partial charge in [0.2, 0.25) is 0 Å². The standard InChI is InChI=1S/C17H21NO/c1-3-15-9-11-17(12-10-15)19-14(2)13-18-16-7-5-4-6-8-16/h4-12,14,18H,3,13H2,1-2H3. The molecule has 2 heteroatoms. The van der Waals surface area contributed by atoms with Crippen LogP contribution in [0.15, 0.2) is 54.6 Å². The third kappa shape index (κ3) is 4.32. The molecule has 0 aromatic heterocycles. The topological polar surface area (TPSA) is 21.3 Å². The van der Waals surface area contributed by atoms with Crippen molar-refractivity contribution in [2.45, 2.75) is 26.4 Å². The van der Waals surface area contributed by atoms with E-state index in [0.717, 1.165) is 24.4 Å². The average molecular weight is 255 g/mol. The molecule has 2 nitrogen and oxygen atoms in total. The molecule has 0 saturated carbocycles. The summed E-state index contributed by atoms with van der Waals surface area (Å²) < 4.78 is 5.87. The van der Waals surface area contributed by atoms with Crippen molar-refractivity contribution in [1.82, 2.24) is 0 Å². The second-order valence-corrected chi connectivity index (χ2v) is 4.67. The number of aryl methyl sites for hydroxylation is 1. The number of para-hydroxylation sites is 1. The number of anilines is 1. The van der Waals surface area contributed by atoms with Crippen LogP contribution in [0.25, 0.3) is 0 Å². The highest BCUT2D eigenvalue weighted by Gasteiger charge is 2.03. The van der Waals surface area contributed by atoms with Gasteiger partial charge in [0.05, 0.1) is 6.54 Å². The van der Waals surface area contributed by atoms with E-state index >= 15 is 0 Å². The fourth-order valence-corrected chi connectivity index (χ4v) is 1.90. The quantitative estimate of drug-likeness (QED) is 0.838. The summed E-state index contributed by atoms with van der Waals surface area (Å²) in [4.78, 5) is 0. The molecule has 1 atom stereocenters. The molecule has 100 valence electrons. The van der Waals surface area contributed by atoms with Gasteiger partial charge in [0.1, 0.15) is 11.9 Å². The Hall–Kier alpha value is -1.96. The monoisotopic (exact) mass is 255 g/mol. The lowest BCUT2D eigenvalue weighted by Gasteiger charge is -2.16. The Balaban J connectivity index is 1.82. The number of hydrogen-bond donors (Lipinski definition) is 1. The highest BCUT2D eigenvalue weighted by atomic mass is 16.5. The third-order valence-corrected chi connectivity index (χ3v) is 3.04. The Morgan fingerprint density at radius 3 is 2.32 bits per heavy atom. The van der Waals surface area contributed by atoms with Gasteiger partial charge in [0.25, 0.3) is 0 Å². The Kier molecular flexibility index (Phi) is 4.85. The minimum atomic E-state index is 0.132. The lowest BCUT2D eigenvalue weighted by Crippen LogP contribution is -2.22. The SMILES string of the molecule is CCc1ccc(OC(C)CNc2ccccc2)cc1. The molecule has 0 radical (unpaired) electrons. The molecule has 0 bridgehead atoms. The highest BCUT2D eigenvalue weighted by molar-refractivity contribution is 5.42. The summed E-state index contributed by atoms with van der Waals surface area (Å²) in [6.07, 6.45) is 1.19. The van der Waals surface area contributed by atoms with Crippen LogP contribution >= 0.6 is 0 Å².